The number of benzene rings is 1. The Balaban J connectivity index is 2.55. The SMILES string of the molecule is CCC(NCC(O)c1ccccc1F)C(C)C. The highest BCUT2D eigenvalue weighted by molar-refractivity contribution is 5.19. The second-order valence-electron chi connectivity index (χ2n) is 4.70. The zero-order valence-corrected chi connectivity index (χ0v) is 10.8. The molecule has 1 aromatic carbocycles. The molecule has 3 heteroatoms. The first-order chi connectivity index (χ1) is 8.06. The quantitative estimate of drug-likeness (QED) is 0.800. The van der Waals surface area contributed by atoms with Crippen LogP contribution in [0.4, 0.5) is 4.39 Å². The van der Waals surface area contributed by atoms with E-state index >= 15 is 0 Å². The normalized spacial score (nSPS) is 14.9. The summed E-state index contributed by atoms with van der Waals surface area (Å²) in [7, 11) is 0. The van der Waals surface area contributed by atoms with Gasteiger partial charge in [0.1, 0.15) is 5.82 Å². The van der Waals surface area contributed by atoms with Crippen LogP contribution in [0.3, 0.4) is 0 Å². The first-order valence-corrected chi connectivity index (χ1v) is 6.22. The molecule has 0 radical (unpaired) electrons. The summed E-state index contributed by atoms with van der Waals surface area (Å²) in [6, 6.07) is 6.72. The first-order valence-electron chi connectivity index (χ1n) is 6.22. The maximum Gasteiger partial charge on any atom is 0.129 e. The third-order valence-corrected chi connectivity index (χ3v) is 3.08. The van der Waals surface area contributed by atoms with Crippen LogP contribution in [0.5, 0.6) is 0 Å². The molecule has 2 nitrogen and oxygen atoms in total. The summed E-state index contributed by atoms with van der Waals surface area (Å²) in [4.78, 5) is 0. The highest BCUT2D eigenvalue weighted by atomic mass is 19.1. The van der Waals surface area contributed by atoms with Crippen molar-refractivity contribution < 1.29 is 9.50 Å². The van der Waals surface area contributed by atoms with Crippen LogP contribution in [-0.4, -0.2) is 17.7 Å². The Morgan fingerprint density at radius 2 is 1.94 bits per heavy atom. The summed E-state index contributed by atoms with van der Waals surface area (Å²) >= 11 is 0. The first kappa shape index (κ1) is 14.1. The molecular formula is C14H22FNO. The number of aliphatic hydroxyl groups is 1. The maximum atomic E-state index is 13.4. The summed E-state index contributed by atoms with van der Waals surface area (Å²) in [6.07, 6.45) is 0.214. The second-order valence-corrected chi connectivity index (χ2v) is 4.70. The lowest BCUT2D eigenvalue weighted by Crippen LogP contribution is -2.36. The number of halogens is 1. The van der Waals surface area contributed by atoms with Gasteiger partial charge in [-0.15, -0.1) is 0 Å². The molecule has 0 aliphatic heterocycles. The average Bonchev–Trinajstić information content (AvgIpc) is 2.29. The summed E-state index contributed by atoms with van der Waals surface area (Å²) in [5.41, 5.74) is 0.360. The van der Waals surface area contributed by atoms with E-state index in [4.69, 9.17) is 0 Å². The van der Waals surface area contributed by atoms with Crippen molar-refractivity contribution in [3.8, 4) is 0 Å². The fourth-order valence-corrected chi connectivity index (χ4v) is 1.97. The molecule has 1 aromatic rings. The van der Waals surface area contributed by atoms with E-state index in [1.807, 2.05) is 0 Å². The Hall–Kier alpha value is -0.930. The Morgan fingerprint density at radius 3 is 2.47 bits per heavy atom. The zero-order valence-electron chi connectivity index (χ0n) is 10.8. The zero-order chi connectivity index (χ0) is 12.8. The van der Waals surface area contributed by atoms with Crippen LogP contribution in [-0.2, 0) is 0 Å². The summed E-state index contributed by atoms with van der Waals surface area (Å²) in [5.74, 6) is 0.159. The van der Waals surface area contributed by atoms with E-state index in [0.717, 1.165) is 6.42 Å². The molecule has 0 spiro atoms. The van der Waals surface area contributed by atoms with Gasteiger partial charge in [-0.05, 0) is 18.4 Å². The molecule has 0 aromatic heterocycles. The summed E-state index contributed by atoms with van der Waals surface area (Å²) < 4.78 is 13.4. The van der Waals surface area contributed by atoms with Crippen LogP contribution in [0, 0.1) is 11.7 Å². The molecule has 0 aliphatic rings. The molecule has 2 atom stereocenters. The Bertz CT molecular complexity index is 341. The minimum atomic E-state index is -0.788. The van der Waals surface area contributed by atoms with Crippen molar-refractivity contribution in [3.05, 3.63) is 35.6 Å². The van der Waals surface area contributed by atoms with E-state index < -0.39 is 6.10 Å². The third-order valence-electron chi connectivity index (χ3n) is 3.08. The van der Waals surface area contributed by atoms with E-state index in [0.29, 0.717) is 24.1 Å². The molecule has 0 saturated carbocycles. The molecule has 2 N–H and O–H groups in total. The molecule has 0 bridgehead atoms. The van der Waals surface area contributed by atoms with Crippen LogP contribution < -0.4 is 5.32 Å². The Morgan fingerprint density at radius 1 is 1.29 bits per heavy atom. The lowest BCUT2D eigenvalue weighted by atomic mass is 10.0. The molecule has 0 aliphatic carbocycles. The van der Waals surface area contributed by atoms with E-state index in [-0.39, 0.29) is 5.82 Å². The van der Waals surface area contributed by atoms with Crippen LogP contribution in [0.15, 0.2) is 24.3 Å². The fourth-order valence-electron chi connectivity index (χ4n) is 1.97. The molecule has 17 heavy (non-hydrogen) atoms. The molecule has 1 rings (SSSR count). The highest BCUT2D eigenvalue weighted by Gasteiger charge is 2.15. The minimum absolute atomic E-state index is 0.348. The van der Waals surface area contributed by atoms with Gasteiger partial charge in [0.15, 0.2) is 0 Å². The molecular weight excluding hydrogens is 217 g/mol. The monoisotopic (exact) mass is 239 g/mol. The lowest BCUT2D eigenvalue weighted by molar-refractivity contribution is 0.160. The number of rotatable bonds is 6. The van der Waals surface area contributed by atoms with Gasteiger partial charge in [0.25, 0.3) is 0 Å². The highest BCUT2D eigenvalue weighted by Crippen LogP contribution is 2.16. The maximum absolute atomic E-state index is 13.4. The van der Waals surface area contributed by atoms with Gasteiger partial charge in [-0.3, -0.25) is 0 Å². The van der Waals surface area contributed by atoms with Gasteiger partial charge in [-0.1, -0.05) is 39.0 Å². The van der Waals surface area contributed by atoms with Crippen molar-refractivity contribution in [2.75, 3.05) is 6.54 Å². The van der Waals surface area contributed by atoms with E-state index in [1.165, 1.54) is 6.07 Å². The van der Waals surface area contributed by atoms with Crippen molar-refractivity contribution in [2.24, 2.45) is 5.92 Å². The minimum Gasteiger partial charge on any atom is -0.387 e. The van der Waals surface area contributed by atoms with Crippen molar-refractivity contribution in [1.82, 2.24) is 5.32 Å². The number of hydrogen-bond donors (Lipinski definition) is 2. The second kappa shape index (κ2) is 6.72. The van der Waals surface area contributed by atoms with Crippen LogP contribution in [0.2, 0.25) is 0 Å². The average molecular weight is 239 g/mol. The molecule has 0 amide bonds. The van der Waals surface area contributed by atoms with Gasteiger partial charge in [0, 0.05) is 18.2 Å². The van der Waals surface area contributed by atoms with Gasteiger partial charge < -0.3 is 10.4 Å². The molecule has 0 fully saturated rings. The number of hydrogen-bond acceptors (Lipinski definition) is 2. The fraction of sp³-hybridized carbons (Fsp3) is 0.571. The standard InChI is InChI=1S/C14H22FNO/c1-4-13(10(2)3)16-9-14(17)11-7-5-6-8-12(11)15/h5-8,10,13-14,16-17H,4,9H2,1-3H3. The van der Waals surface area contributed by atoms with Crippen molar-refractivity contribution >= 4 is 0 Å². The van der Waals surface area contributed by atoms with Crippen LogP contribution >= 0.6 is 0 Å². The number of aliphatic hydroxyl groups excluding tert-OH is 1. The molecule has 0 heterocycles. The van der Waals surface area contributed by atoms with Crippen LogP contribution in [0.1, 0.15) is 38.9 Å². The Labute approximate surface area is 103 Å². The summed E-state index contributed by atoms with van der Waals surface area (Å²) in [6.45, 7) is 6.76. The predicted molar refractivity (Wildman–Crippen MR) is 68.3 cm³/mol. The van der Waals surface area contributed by atoms with Crippen molar-refractivity contribution in [3.63, 3.8) is 0 Å². The summed E-state index contributed by atoms with van der Waals surface area (Å²) in [5, 5.41) is 13.2. The number of nitrogens with one attached hydrogen (secondary N) is 1. The molecule has 0 saturated heterocycles. The smallest absolute Gasteiger partial charge is 0.129 e. The van der Waals surface area contributed by atoms with Gasteiger partial charge in [0.2, 0.25) is 0 Å². The van der Waals surface area contributed by atoms with E-state index in [2.05, 4.69) is 26.1 Å². The van der Waals surface area contributed by atoms with Gasteiger partial charge in [-0.2, -0.15) is 0 Å². The van der Waals surface area contributed by atoms with Crippen molar-refractivity contribution in [2.45, 2.75) is 39.3 Å². The van der Waals surface area contributed by atoms with Gasteiger partial charge in [0.05, 0.1) is 6.10 Å². The van der Waals surface area contributed by atoms with Crippen molar-refractivity contribution in [1.29, 1.82) is 0 Å². The topological polar surface area (TPSA) is 32.3 Å². The van der Waals surface area contributed by atoms with E-state index in [9.17, 15) is 9.50 Å². The lowest BCUT2D eigenvalue weighted by Gasteiger charge is -2.23. The predicted octanol–water partition coefficient (Wildman–Crippen LogP) is 2.88. The van der Waals surface area contributed by atoms with E-state index in [1.54, 1.807) is 18.2 Å². The van der Waals surface area contributed by atoms with Gasteiger partial charge >= 0.3 is 0 Å². The Kier molecular flexibility index (Phi) is 5.59. The van der Waals surface area contributed by atoms with Gasteiger partial charge in [-0.25, -0.2) is 4.39 Å². The third kappa shape index (κ3) is 4.10. The molecule has 96 valence electrons. The largest absolute Gasteiger partial charge is 0.387 e. The molecule has 2 unspecified atom stereocenters. The van der Waals surface area contributed by atoms with Crippen LogP contribution in [0.25, 0.3) is 0 Å².